The Morgan fingerprint density at radius 2 is 2.28 bits per heavy atom. The number of carboxylic acid groups (broad SMARTS) is 1. The van der Waals surface area contributed by atoms with Gasteiger partial charge in [0.05, 0.1) is 17.3 Å². The number of carboxylic acids is 1. The van der Waals surface area contributed by atoms with Gasteiger partial charge in [-0.2, -0.15) is 0 Å². The van der Waals surface area contributed by atoms with Gasteiger partial charge in [-0.1, -0.05) is 24.8 Å². The van der Waals surface area contributed by atoms with Gasteiger partial charge in [-0.25, -0.2) is 4.79 Å². The first kappa shape index (κ1) is 14.4. The van der Waals surface area contributed by atoms with Crippen LogP contribution in [0.5, 0.6) is 0 Å². The minimum atomic E-state index is -2.54. The van der Waals surface area contributed by atoms with Crippen LogP contribution in [-0.2, 0) is 16.1 Å². The van der Waals surface area contributed by atoms with Crippen LogP contribution in [0.4, 0.5) is 0 Å². The molecule has 0 amide bonds. The van der Waals surface area contributed by atoms with Gasteiger partial charge in [-0.15, -0.1) is 0 Å². The number of hydrogen-bond acceptors (Lipinski definition) is 3. The first-order valence-corrected chi connectivity index (χ1v) is 6.30. The molecular weight excluding hydrogens is 254 g/mol. The van der Waals surface area contributed by atoms with Crippen molar-refractivity contribution in [3.8, 4) is 0 Å². The summed E-state index contributed by atoms with van der Waals surface area (Å²) >= 11 is -2.54. The van der Waals surface area contributed by atoms with Gasteiger partial charge in [-0.05, 0) is 25.5 Å². The van der Waals surface area contributed by atoms with E-state index in [2.05, 4.69) is 6.58 Å². The molecule has 6 heteroatoms. The molecule has 1 unspecified atom stereocenters. The number of rotatable bonds is 3. The molecule has 0 aromatic rings. The summed E-state index contributed by atoms with van der Waals surface area (Å²) < 4.78 is 23.6. The van der Waals surface area contributed by atoms with Crippen LogP contribution in [0.15, 0.2) is 47.7 Å². The fraction of sp³-hybridized carbons (Fsp3) is 0.250. The Morgan fingerprint density at radius 1 is 1.67 bits per heavy atom. The smallest absolute Gasteiger partial charge is 0.333 e. The van der Waals surface area contributed by atoms with Gasteiger partial charge >= 0.3 is 5.97 Å². The molecule has 0 aromatic heterocycles. The van der Waals surface area contributed by atoms with Crippen LogP contribution in [0.1, 0.15) is 13.8 Å². The van der Waals surface area contributed by atoms with E-state index in [9.17, 15) is 13.6 Å². The van der Waals surface area contributed by atoms with Crippen LogP contribution in [0.25, 0.3) is 0 Å². The first-order valence-electron chi connectivity index (χ1n) is 5.27. The molecule has 0 saturated carbocycles. The van der Waals surface area contributed by atoms with E-state index in [-0.39, 0.29) is 5.57 Å². The van der Waals surface area contributed by atoms with E-state index in [0.29, 0.717) is 11.3 Å². The lowest BCUT2D eigenvalue weighted by molar-refractivity contribution is -0.133. The van der Waals surface area contributed by atoms with Crippen molar-refractivity contribution in [1.29, 1.82) is 0 Å². The van der Waals surface area contributed by atoms with E-state index in [4.69, 9.17) is 5.11 Å². The van der Waals surface area contributed by atoms with E-state index in [1.165, 1.54) is 19.1 Å². The van der Waals surface area contributed by atoms with Crippen LogP contribution in [0.3, 0.4) is 0 Å². The van der Waals surface area contributed by atoms with Gasteiger partial charge in [0.25, 0.3) is 0 Å². The van der Waals surface area contributed by atoms with Gasteiger partial charge < -0.3 is 9.66 Å². The van der Waals surface area contributed by atoms with Crippen molar-refractivity contribution in [2.75, 3.05) is 0 Å². The number of hydrogen-bond donors (Lipinski definition) is 1. The topological polar surface area (TPSA) is 80.7 Å². The van der Waals surface area contributed by atoms with Gasteiger partial charge in [0.2, 0.25) is 0 Å². The number of aliphatic carboxylic acids is 1. The van der Waals surface area contributed by atoms with Crippen molar-refractivity contribution < 1.29 is 18.7 Å². The lowest BCUT2D eigenvalue weighted by Crippen LogP contribution is -2.40. The Hall–Kier alpha value is -1.66. The molecule has 5 nitrogen and oxygen atoms in total. The van der Waals surface area contributed by atoms with Crippen LogP contribution < -0.4 is 0 Å². The van der Waals surface area contributed by atoms with E-state index in [1.807, 2.05) is 0 Å². The molecule has 18 heavy (non-hydrogen) atoms. The molecule has 2 atom stereocenters. The molecular formula is C12H14NO4S-. The summed E-state index contributed by atoms with van der Waals surface area (Å²) in [7, 11) is 0. The molecule has 0 bridgehead atoms. The van der Waals surface area contributed by atoms with Gasteiger partial charge in [0.1, 0.15) is 0 Å². The zero-order valence-corrected chi connectivity index (χ0v) is 10.9. The standard InChI is InChI=1S/C12H15NO4S/c1-4-6-9-7-10(12(14)15)8(3)13(18(16)17)11(9)5-2/h4-8H,1H2,2-3H3,(H,14,15)(H,16,17)/p-1/b9-6-,11-5+/t8-/m1/s1. The Morgan fingerprint density at radius 3 is 2.67 bits per heavy atom. The van der Waals surface area contributed by atoms with E-state index in [1.54, 1.807) is 19.1 Å². The average Bonchev–Trinajstić information content (AvgIpc) is 2.29. The van der Waals surface area contributed by atoms with Crippen LogP contribution >= 0.6 is 0 Å². The zero-order valence-electron chi connectivity index (χ0n) is 10.1. The molecule has 0 radical (unpaired) electrons. The minimum absolute atomic E-state index is 0.0258. The van der Waals surface area contributed by atoms with Crippen molar-refractivity contribution in [1.82, 2.24) is 4.31 Å². The first-order chi connectivity index (χ1) is 8.43. The molecule has 0 aliphatic carbocycles. The number of allylic oxidation sites excluding steroid dienone is 4. The zero-order chi connectivity index (χ0) is 13.9. The summed E-state index contributed by atoms with van der Waals surface area (Å²) in [5.41, 5.74) is 0.978. The second-order valence-corrected chi connectivity index (χ2v) is 4.48. The highest BCUT2D eigenvalue weighted by atomic mass is 32.2. The lowest BCUT2D eigenvalue weighted by atomic mass is 9.97. The van der Waals surface area contributed by atoms with Crippen LogP contribution in [0.2, 0.25) is 0 Å². The van der Waals surface area contributed by atoms with E-state index >= 15 is 0 Å². The molecule has 1 aliphatic heterocycles. The van der Waals surface area contributed by atoms with E-state index < -0.39 is 23.3 Å². The van der Waals surface area contributed by atoms with Crippen molar-refractivity contribution in [3.63, 3.8) is 0 Å². The lowest BCUT2D eigenvalue weighted by Gasteiger charge is -2.38. The predicted octanol–water partition coefficient (Wildman–Crippen LogP) is 1.51. The van der Waals surface area contributed by atoms with Crippen molar-refractivity contribution in [2.45, 2.75) is 19.9 Å². The molecule has 0 aromatic carbocycles. The molecule has 0 spiro atoms. The Kier molecular flexibility index (Phi) is 4.63. The van der Waals surface area contributed by atoms with Crippen molar-refractivity contribution in [2.24, 2.45) is 0 Å². The summed E-state index contributed by atoms with van der Waals surface area (Å²) in [4.78, 5) is 11.1. The molecule has 0 saturated heterocycles. The van der Waals surface area contributed by atoms with Gasteiger partial charge in [-0.3, -0.25) is 8.51 Å². The van der Waals surface area contributed by atoms with Gasteiger partial charge in [0.15, 0.2) is 0 Å². The number of carbonyl (C=O) groups is 1. The molecule has 0 fully saturated rings. The highest BCUT2D eigenvalue weighted by molar-refractivity contribution is 7.76. The maximum Gasteiger partial charge on any atom is 0.333 e. The maximum absolute atomic E-state index is 11.3. The Labute approximate surface area is 108 Å². The average molecular weight is 268 g/mol. The second-order valence-electron chi connectivity index (χ2n) is 3.66. The van der Waals surface area contributed by atoms with Gasteiger partial charge in [0, 0.05) is 11.3 Å². The third kappa shape index (κ3) is 2.60. The van der Waals surface area contributed by atoms with Crippen LogP contribution in [-0.4, -0.2) is 30.2 Å². The molecule has 1 N–H and O–H groups in total. The fourth-order valence-corrected chi connectivity index (χ4v) is 2.57. The SMILES string of the molecule is C=C/C=C1/C=C(C(=O)O)[C@@H](C)N(S(=O)[O-])/C1=C/C. The second kappa shape index (κ2) is 5.79. The summed E-state index contributed by atoms with van der Waals surface area (Å²) in [5.74, 6) is -1.14. The third-order valence-electron chi connectivity index (χ3n) is 2.62. The van der Waals surface area contributed by atoms with Crippen molar-refractivity contribution in [3.05, 3.63) is 47.7 Å². The summed E-state index contributed by atoms with van der Waals surface area (Å²) in [6.45, 7) is 6.75. The number of nitrogens with zero attached hydrogens (tertiary/aromatic N) is 1. The molecule has 98 valence electrons. The molecule has 1 aliphatic rings. The normalized spacial score (nSPS) is 26.1. The highest BCUT2D eigenvalue weighted by Crippen LogP contribution is 2.31. The summed E-state index contributed by atoms with van der Waals surface area (Å²) in [6.07, 6.45) is 6.14. The fourth-order valence-electron chi connectivity index (χ4n) is 1.83. The van der Waals surface area contributed by atoms with Crippen LogP contribution in [0, 0.1) is 0 Å². The highest BCUT2D eigenvalue weighted by Gasteiger charge is 2.31. The third-order valence-corrected chi connectivity index (χ3v) is 3.46. The molecule has 1 rings (SSSR count). The van der Waals surface area contributed by atoms with E-state index in [0.717, 1.165) is 4.31 Å². The summed E-state index contributed by atoms with van der Waals surface area (Å²) in [6, 6.07) is -0.742. The Balaban J connectivity index is 3.46. The maximum atomic E-state index is 11.3. The minimum Gasteiger partial charge on any atom is -0.755 e. The Bertz CT molecular complexity index is 490. The predicted molar refractivity (Wildman–Crippen MR) is 68.0 cm³/mol. The largest absolute Gasteiger partial charge is 0.755 e. The molecule has 1 heterocycles. The monoisotopic (exact) mass is 268 g/mol. The quantitative estimate of drug-likeness (QED) is 0.787. The van der Waals surface area contributed by atoms with Crippen molar-refractivity contribution >= 4 is 17.2 Å². The summed E-state index contributed by atoms with van der Waals surface area (Å²) in [5, 5.41) is 9.08.